The monoisotopic (exact) mass is 438 g/mol. The summed E-state index contributed by atoms with van der Waals surface area (Å²) in [4.78, 5) is 12.2. The number of rotatable bonds is 4. The van der Waals surface area contributed by atoms with Gasteiger partial charge in [-0.3, -0.25) is 0 Å². The number of aryl methyl sites for hydroxylation is 1. The van der Waals surface area contributed by atoms with Crippen LogP contribution in [0.15, 0.2) is 34.3 Å². The molecular weight excluding hydrogens is 415 g/mol. The van der Waals surface area contributed by atoms with E-state index in [-0.39, 0.29) is 6.04 Å². The minimum atomic E-state index is -0.683. The van der Waals surface area contributed by atoms with Crippen molar-refractivity contribution in [2.45, 2.75) is 48.3 Å². The second-order valence-electron chi connectivity index (χ2n) is 7.88. The third-order valence-corrected chi connectivity index (χ3v) is 7.66. The quantitative estimate of drug-likeness (QED) is 0.746. The summed E-state index contributed by atoms with van der Waals surface area (Å²) >= 11 is 13.8. The van der Waals surface area contributed by atoms with Gasteiger partial charge in [0.25, 0.3) is 0 Å². The Labute approximate surface area is 179 Å². The van der Waals surface area contributed by atoms with Gasteiger partial charge in [-0.05, 0) is 44.4 Å². The molecule has 1 aromatic carbocycles. The molecule has 0 aliphatic carbocycles. The minimum absolute atomic E-state index is 0.161. The lowest BCUT2D eigenvalue weighted by molar-refractivity contribution is -0.0347. The molecule has 3 heterocycles. The van der Waals surface area contributed by atoms with Crippen LogP contribution < -0.4 is 10.2 Å². The molecule has 4 rings (SSSR count). The summed E-state index contributed by atoms with van der Waals surface area (Å²) < 4.78 is 0. The maximum absolute atomic E-state index is 10.9. The highest BCUT2D eigenvalue weighted by Crippen LogP contribution is 2.38. The molecule has 2 unspecified atom stereocenters. The van der Waals surface area contributed by atoms with Gasteiger partial charge in [-0.1, -0.05) is 48.0 Å². The lowest BCUT2D eigenvalue weighted by Gasteiger charge is -2.52. The van der Waals surface area contributed by atoms with Crippen molar-refractivity contribution in [3.8, 4) is 0 Å². The van der Waals surface area contributed by atoms with Gasteiger partial charge in [0.2, 0.25) is 0 Å². The second-order valence-corrected chi connectivity index (χ2v) is 9.69. The average Bonchev–Trinajstić information content (AvgIpc) is 2.65. The van der Waals surface area contributed by atoms with Crippen LogP contribution in [0.1, 0.15) is 25.5 Å². The van der Waals surface area contributed by atoms with Gasteiger partial charge < -0.3 is 15.3 Å². The lowest BCUT2D eigenvalue weighted by atomic mass is 9.80. The van der Waals surface area contributed by atoms with Gasteiger partial charge >= 0.3 is 0 Å². The van der Waals surface area contributed by atoms with E-state index in [4.69, 9.17) is 28.2 Å². The summed E-state index contributed by atoms with van der Waals surface area (Å²) in [5.41, 5.74) is 0.149. The predicted octanol–water partition coefficient (Wildman–Crippen LogP) is 4.18. The molecule has 0 amide bonds. The van der Waals surface area contributed by atoms with Crippen molar-refractivity contribution in [2.75, 3.05) is 24.5 Å². The zero-order valence-corrected chi connectivity index (χ0v) is 18.3. The molecule has 2 aromatic rings. The first-order valence-electron chi connectivity index (χ1n) is 9.52. The normalized spacial score (nSPS) is 24.1. The van der Waals surface area contributed by atoms with Crippen LogP contribution >= 0.6 is 35.0 Å². The number of β-amino-alcohol motifs (C(OH)–C–C–N with tert-alkyl or cyclic N) is 1. The van der Waals surface area contributed by atoms with Crippen molar-refractivity contribution in [1.29, 1.82) is 0 Å². The number of hydrogen-bond acceptors (Lipinski definition) is 6. The van der Waals surface area contributed by atoms with E-state index in [2.05, 4.69) is 22.1 Å². The molecule has 2 N–H and O–H groups in total. The number of nitrogens with zero attached hydrogens (tertiary/aromatic N) is 3. The van der Waals surface area contributed by atoms with Gasteiger partial charge in [0, 0.05) is 10.9 Å². The fraction of sp³-hybridized carbons (Fsp3) is 0.500. The van der Waals surface area contributed by atoms with E-state index in [0.29, 0.717) is 29.1 Å². The van der Waals surface area contributed by atoms with Gasteiger partial charge in [-0.15, -0.1) is 0 Å². The fourth-order valence-electron chi connectivity index (χ4n) is 3.83. The molecule has 28 heavy (non-hydrogen) atoms. The number of nitrogens with one attached hydrogen (secondary N) is 1. The molecule has 0 radical (unpaired) electrons. The fourth-order valence-corrected chi connectivity index (χ4v) is 5.16. The van der Waals surface area contributed by atoms with Gasteiger partial charge in [0.15, 0.2) is 0 Å². The summed E-state index contributed by atoms with van der Waals surface area (Å²) in [6.45, 7) is 6.33. The molecule has 0 spiro atoms. The first-order valence-corrected chi connectivity index (χ1v) is 11.1. The van der Waals surface area contributed by atoms with Gasteiger partial charge in [0.1, 0.15) is 16.4 Å². The van der Waals surface area contributed by atoms with Crippen LogP contribution in [0.4, 0.5) is 5.82 Å². The number of piperidine rings is 1. The van der Waals surface area contributed by atoms with Crippen LogP contribution in [0, 0.1) is 12.8 Å². The number of anilines is 1. The van der Waals surface area contributed by atoms with Crippen LogP contribution in [0.3, 0.4) is 0 Å². The molecule has 8 heteroatoms. The molecule has 5 nitrogen and oxygen atoms in total. The minimum Gasteiger partial charge on any atom is -0.385 e. The molecule has 1 aromatic heterocycles. The molecular formula is C20H24Cl2N4OS. The van der Waals surface area contributed by atoms with Crippen LogP contribution in [0.25, 0.3) is 0 Å². The van der Waals surface area contributed by atoms with E-state index in [0.717, 1.165) is 40.8 Å². The zero-order valence-electron chi connectivity index (χ0n) is 16.0. The predicted molar refractivity (Wildman–Crippen MR) is 115 cm³/mol. The van der Waals surface area contributed by atoms with E-state index >= 15 is 0 Å². The Kier molecular flexibility index (Phi) is 5.78. The Balaban J connectivity index is 1.42. The maximum Gasteiger partial charge on any atom is 0.147 e. The smallest absolute Gasteiger partial charge is 0.147 e. The summed E-state index contributed by atoms with van der Waals surface area (Å²) in [7, 11) is 0. The Hall–Kier alpha value is -1.05. The highest BCUT2D eigenvalue weighted by Gasteiger charge is 2.48. The Bertz CT molecular complexity index is 867. The van der Waals surface area contributed by atoms with Crippen molar-refractivity contribution in [2.24, 2.45) is 5.92 Å². The summed E-state index contributed by atoms with van der Waals surface area (Å²) in [6, 6.07) is 5.72. The van der Waals surface area contributed by atoms with Gasteiger partial charge in [-0.25, -0.2) is 9.97 Å². The van der Waals surface area contributed by atoms with Crippen molar-refractivity contribution >= 4 is 40.8 Å². The molecule has 0 saturated carbocycles. The van der Waals surface area contributed by atoms with Crippen molar-refractivity contribution in [3.63, 3.8) is 0 Å². The van der Waals surface area contributed by atoms with E-state index in [1.54, 1.807) is 12.3 Å². The van der Waals surface area contributed by atoms with Crippen molar-refractivity contribution in [3.05, 3.63) is 40.1 Å². The van der Waals surface area contributed by atoms with Crippen LogP contribution in [-0.2, 0) is 0 Å². The number of hydrogen-bond donors (Lipinski definition) is 2. The van der Waals surface area contributed by atoms with E-state index in [1.165, 1.54) is 11.8 Å². The SMILES string of the molecule is Cc1nc(N2CC(O)(C3CCC(C)CN3)C2)cnc1Sc1cccc(Cl)c1Cl. The summed E-state index contributed by atoms with van der Waals surface area (Å²) in [6.07, 6.45) is 3.95. The molecule has 2 saturated heterocycles. The van der Waals surface area contributed by atoms with Crippen molar-refractivity contribution in [1.82, 2.24) is 15.3 Å². The van der Waals surface area contributed by atoms with Crippen LogP contribution in [-0.4, -0.2) is 46.4 Å². The Morgan fingerprint density at radius 1 is 1.29 bits per heavy atom. The highest BCUT2D eigenvalue weighted by atomic mass is 35.5. The third-order valence-electron chi connectivity index (χ3n) is 5.57. The zero-order chi connectivity index (χ0) is 19.9. The second kappa shape index (κ2) is 8.00. The largest absolute Gasteiger partial charge is 0.385 e. The number of aromatic nitrogens is 2. The molecule has 2 aliphatic heterocycles. The maximum atomic E-state index is 10.9. The molecule has 2 atom stereocenters. The topological polar surface area (TPSA) is 61.3 Å². The first-order chi connectivity index (χ1) is 13.4. The molecule has 2 fully saturated rings. The van der Waals surface area contributed by atoms with Gasteiger partial charge in [-0.2, -0.15) is 0 Å². The van der Waals surface area contributed by atoms with Crippen molar-refractivity contribution < 1.29 is 5.11 Å². The van der Waals surface area contributed by atoms with Gasteiger partial charge in [0.05, 0.1) is 35.0 Å². The summed E-state index contributed by atoms with van der Waals surface area (Å²) in [5, 5.41) is 16.3. The Morgan fingerprint density at radius 2 is 2.07 bits per heavy atom. The third kappa shape index (κ3) is 3.98. The van der Waals surface area contributed by atoms with Crippen LogP contribution in [0.5, 0.6) is 0 Å². The number of halogens is 2. The highest BCUT2D eigenvalue weighted by molar-refractivity contribution is 7.99. The number of aliphatic hydroxyl groups is 1. The first kappa shape index (κ1) is 20.2. The molecule has 2 aliphatic rings. The molecule has 150 valence electrons. The molecule has 0 bridgehead atoms. The van der Waals surface area contributed by atoms with E-state index in [9.17, 15) is 5.11 Å². The van der Waals surface area contributed by atoms with E-state index < -0.39 is 5.60 Å². The number of benzene rings is 1. The van der Waals surface area contributed by atoms with Crippen LogP contribution in [0.2, 0.25) is 10.0 Å². The Morgan fingerprint density at radius 3 is 2.75 bits per heavy atom. The van der Waals surface area contributed by atoms with E-state index in [1.807, 2.05) is 19.1 Å². The standard InChI is InChI=1S/C20H24Cl2N4OS/c1-12-6-7-16(23-8-12)20(27)10-26(11-20)17-9-24-19(13(2)25-17)28-15-5-3-4-14(21)18(15)22/h3-5,9,12,16,23,27H,6-8,10-11H2,1-2H3. The summed E-state index contributed by atoms with van der Waals surface area (Å²) in [5.74, 6) is 1.48. The lowest BCUT2D eigenvalue weighted by Crippen LogP contribution is -2.71. The average molecular weight is 439 g/mol.